The second-order valence-electron chi connectivity index (χ2n) is 4.96. The first-order chi connectivity index (χ1) is 8.58. The Morgan fingerprint density at radius 1 is 1.39 bits per heavy atom. The molecule has 0 saturated carbocycles. The first-order valence-corrected chi connectivity index (χ1v) is 6.16. The molecule has 0 atom stereocenters. The molecule has 1 aliphatic rings. The number of hydrogen-bond donors (Lipinski definition) is 1. The van der Waals surface area contributed by atoms with Crippen LogP contribution in [0.2, 0.25) is 0 Å². The fourth-order valence-corrected chi connectivity index (χ4v) is 2.37. The van der Waals surface area contributed by atoms with Crippen LogP contribution >= 0.6 is 0 Å². The van der Waals surface area contributed by atoms with Gasteiger partial charge in [-0.15, -0.1) is 0 Å². The number of rotatable bonds is 3. The second kappa shape index (κ2) is 5.06. The van der Waals surface area contributed by atoms with Gasteiger partial charge in [-0.2, -0.15) is 0 Å². The highest BCUT2D eigenvalue weighted by Gasteiger charge is 2.36. The van der Waals surface area contributed by atoms with E-state index in [-0.39, 0.29) is 17.1 Å². The highest BCUT2D eigenvalue weighted by molar-refractivity contribution is 6.01. The molecule has 0 spiro atoms. The van der Waals surface area contributed by atoms with Crippen molar-refractivity contribution in [2.45, 2.75) is 19.8 Å². The van der Waals surface area contributed by atoms with Gasteiger partial charge in [-0.3, -0.25) is 4.79 Å². The molecule has 1 saturated heterocycles. The molecule has 1 aromatic carbocycles. The molecule has 98 valence electrons. The van der Waals surface area contributed by atoms with Gasteiger partial charge in [0.25, 0.3) is 0 Å². The van der Waals surface area contributed by atoms with Crippen LogP contribution in [-0.2, 0) is 0 Å². The van der Waals surface area contributed by atoms with Crippen LogP contribution in [0.15, 0.2) is 18.2 Å². The smallest absolute Gasteiger partial charge is 0.175 e. The van der Waals surface area contributed by atoms with E-state index in [4.69, 9.17) is 4.74 Å². The Balaban J connectivity index is 2.33. The van der Waals surface area contributed by atoms with E-state index in [2.05, 4.69) is 5.32 Å². The number of piperidine rings is 1. The minimum atomic E-state index is -0.551. The number of Topliss-reactive ketones (excluding diaryl/α,β-unsaturated/α-hetero) is 1. The summed E-state index contributed by atoms with van der Waals surface area (Å²) >= 11 is 0. The van der Waals surface area contributed by atoms with Crippen LogP contribution in [0.5, 0.6) is 5.75 Å². The summed E-state index contributed by atoms with van der Waals surface area (Å²) in [6, 6.07) is 4.71. The van der Waals surface area contributed by atoms with Crippen LogP contribution < -0.4 is 10.1 Å². The molecule has 0 unspecified atom stereocenters. The molecule has 0 aliphatic carbocycles. The summed E-state index contributed by atoms with van der Waals surface area (Å²) in [5.41, 5.74) is -0.336. The zero-order valence-electron chi connectivity index (χ0n) is 10.8. The van der Waals surface area contributed by atoms with Crippen LogP contribution in [-0.4, -0.2) is 26.0 Å². The van der Waals surface area contributed by atoms with E-state index >= 15 is 0 Å². The molecule has 1 heterocycles. The summed E-state index contributed by atoms with van der Waals surface area (Å²) in [5, 5.41) is 3.21. The van der Waals surface area contributed by atoms with Gasteiger partial charge in [0.05, 0.1) is 12.7 Å². The summed E-state index contributed by atoms with van der Waals surface area (Å²) in [5.74, 6) is -0.552. The minimum absolute atomic E-state index is 0.124. The Labute approximate surface area is 106 Å². The highest BCUT2D eigenvalue weighted by atomic mass is 19.1. The SMILES string of the molecule is COc1cccc(C(=O)C2(C)CCNCC2)c1F. The Morgan fingerprint density at radius 2 is 2.06 bits per heavy atom. The highest BCUT2D eigenvalue weighted by Crippen LogP contribution is 2.34. The van der Waals surface area contributed by atoms with Gasteiger partial charge in [0.2, 0.25) is 0 Å². The van der Waals surface area contributed by atoms with Crippen molar-refractivity contribution in [1.82, 2.24) is 5.32 Å². The molecular formula is C14H18FNO2. The van der Waals surface area contributed by atoms with Crippen LogP contribution in [0.25, 0.3) is 0 Å². The third kappa shape index (κ3) is 2.25. The Bertz CT molecular complexity index is 453. The first-order valence-electron chi connectivity index (χ1n) is 6.16. The van der Waals surface area contributed by atoms with E-state index in [9.17, 15) is 9.18 Å². The molecule has 0 bridgehead atoms. The number of carbonyl (C=O) groups is 1. The van der Waals surface area contributed by atoms with Gasteiger partial charge in [0, 0.05) is 5.41 Å². The lowest BCUT2D eigenvalue weighted by molar-refractivity contribution is 0.0757. The maximum Gasteiger partial charge on any atom is 0.175 e. The topological polar surface area (TPSA) is 38.3 Å². The molecule has 1 aliphatic heterocycles. The summed E-state index contributed by atoms with van der Waals surface area (Å²) in [7, 11) is 1.40. The number of ether oxygens (including phenoxy) is 1. The van der Waals surface area contributed by atoms with Gasteiger partial charge < -0.3 is 10.1 Å². The van der Waals surface area contributed by atoms with Crippen molar-refractivity contribution in [2.75, 3.05) is 20.2 Å². The maximum atomic E-state index is 14.1. The second-order valence-corrected chi connectivity index (χ2v) is 4.96. The zero-order chi connectivity index (χ0) is 13.2. The van der Waals surface area contributed by atoms with Gasteiger partial charge in [0.1, 0.15) is 0 Å². The van der Waals surface area contributed by atoms with Crippen LogP contribution in [0.4, 0.5) is 4.39 Å². The summed E-state index contributed by atoms with van der Waals surface area (Å²) in [6.45, 7) is 3.51. The molecular weight excluding hydrogens is 233 g/mol. The van der Waals surface area contributed by atoms with E-state index in [1.807, 2.05) is 6.92 Å². The Kier molecular flexibility index (Phi) is 3.66. The lowest BCUT2D eigenvalue weighted by Gasteiger charge is -2.32. The number of halogens is 1. The monoisotopic (exact) mass is 251 g/mol. The molecule has 18 heavy (non-hydrogen) atoms. The molecule has 1 N–H and O–H groups in total. The van der Waals surface area contributed by atoms with Crippen LogP contribution in [0.1, 0.15) is 30.1 Å². The standard InChI is InChI=1S/C14H18FNO2/c1-14(6-8-16-9-7-14)13(17)10-4-3-5-11(18-2)12(10)15/h3-5,16H,6-9H2,1-2H3. The van der Waals surface area contributed by atoms with Crippen LogP contribution in [0, 0.1) is 11.2 Å². The van der Waals surface area contributed by atoms with Gasteiger partial charge in [-0.25, -0.2) is 4.39 Å². The lowest BCUT2D eigenvalue weighted by atomic mass is 9.75. The van der Waals surface area contributed by atoms with Crippen molar-refractivity contribution in [3.8, 4) is 5.75 Å². The van der Waals surface area contributed by atoms with Crippen LogP contribution in [0.3, 0.4) is 0 Å². The van der Waals surface area contributed by atoms with Crippen molar-refractivity contribution < 1.29 is 13.9 Å². The van der Waals surface area contributed by atoms with Crippen molar-refractivity contribution in [1.29, 1.82) is 0 Å². The normalized spacial score (nSPS) is 18.4. The van der Waals surface area contributed by atoms with E-state index in [0.29, 0.717) is 0 Å². The van der Waals surface area contributed by atoms with E-state index in [1.54, 1.807) is 6.07 Å². The van der Waals surface area contributed by atoms with E-state index in [1.165, 1.54) is 19.2 Å². The molecule has 0 aromatic heterocycles. The van der Waals surface area contributed by atoms with Gasteiger partial charge in [-0.1, -0.05) is 13.0 Å². The number of carbonyl (C=O) groups excluding carboxylic acids is 1. The van der Waals surface area contributed by atoms with Gasteiger partial charge >= 0.3 is 0 Å². The number of benzene rings is 1. The summed E-state index contributed by atoms with van der Waals surface area (Å²) in [6.07, 6.45) is 1.48. The summed E-state index contributed by atoms with van der Waals surface area (Å²) < 4.78 is 19.0. The predicted molar refractivity (Wildman–Crippen MR) is 67.5 cm³/mol. The average Bonchev–Trinajstić information content (AvgIpc) is 2.39. The van der Waals surface area contributed by atoms with E-state index < -0.39 is 11.2 Å². The van der Waals surface area contributed by atoms with Gasteiger partial charge in [-0.05, 0) is 38.1 Å². The third-order valence-electron chi connectivity index (χ3n) is 3.68. The number of hydrogen-bond acceptors (Lipinski definition) is 3. The quantitative estimate of drug-likeness (QED) is 0.838. The molecule has 0 amide bonds. The average molecular weight is 251 g/mol. The molecule has 1 aromatic rings. The van der Waals surface area contributed by atoms with Crippen molar-refractivity contribution in [2.24, 2.45) is 5.41 Å². The largest absolute Gasteiger partial charge is 0.494 e. The molecule has 1 fully saturated rings. The summed E-state index contributed by atoms with van der Waals surface area (Å²) in [4.78, 5) is 12.5. The Hall–Kier alpha value is -1.42. The fraction of sp³-hybridized carbons (Fsp3) is 0.500. The molecule has 0 radical (unpaired) electrons. The van der Waals surface area contributed by atoms with Gasteiger partial charge in [0.15, 0.2) is 17.3 Å². The van der Waals surface area contributed by atoms with Crippen molar-refractivity contribution >= 4 is 5.78 Å². The van der Waals surface area contributed by atoms with E-state index in [0.717, 1.165) is 25.9 Å². The maximum absolute atomic E-state index is 14.1. The molecule has 4 heteroatoms. The first kappa shape index (κ1) is 13.0. The van der Waals surface area contributed by atoms with Crippen molar-refractivity contribution in [3.05, 3.63) is 29.6 Å². The third-order valence-corrected chi connectivity index (χ3v) is 3.68. The van der Waals surface area contributed by atoms with Crippen molar-refractivity contribution in [3.63, 3.8) is 0 Å². The predicted octanol–water partition coefficient (Wildman–Crippen LogP) is 2.41. The minimum Gasteiger partial charge on any atom is -0.494 e. The molecule has 3 nitrogen and oxygen atoms in total. The lowest BCUT2D eigenvalue weighted by Crippen LogP contribution is -2.40. The Morgan fingerprint density at radius 3 is 2.67 bits per heavy atom. The molecule has 2 rings (SSSR count). The zero-order valence-corrected chi connectivity index (χ0v) is 10.8. The number of ketones is 1. The fourth-order valence-electron chi connectivity index (χ4n) is 2.37. The number of nitrogens with one attached hydrogen (secondary N) is 1. The number of methoxy groups -OCH3 is 1.